The van der Waals surface area contributed by atoms with Gasteiger partial charge in [0.2, 0.25) is 17.7 Å². The van der Waals surface area contributed by atoms with E-state index < -0.39 is 5.97 Å². The second kappa shape index (κ2) is 5.15. The number of rotatable bonds is 5. The molecule has 0 aliphatic rings. The average Bonchev–Trinajstić information content (AvgIpc) is 2.28. The Morgan fingerprint density at radius 1 is 1.31 bits per heavy atom. The number of aromatic nitrogens is 2. The van der Waals surface area contributed by atoms with Crippen molar-refractivity contribution in [2.24, 2.45) is 0 Å². The third-order valence-corrected chi connectivity index (χ3v) is 1.87. The molecule has 7 nitrogen and oxygen atoms in total. The van der Waals surface area contributed by atoms with Crippen LogP contribution >= 0.6 is 0 Å². The molecule has 1 heterocycles. The van der Waals surface area contributed by atoms with Crippen LogP contribution in [0.1, 0.15) is 5.56 Å². The summed E-state index contributed by atoms with van der Waals surface area (Å²) in [5.74, 6) is -0.308. The summed E-state index contributed by atoms with van der Waals surface area (Å²) in [6, 6.07) is 0. The Morgan fingerprint density at radius 3 is 2.12 bits per heavy atom. The molecular formula is C9H13N3O4. The minimum atomic E-state index is -1.00. The van der Waals surface area contributed by atoms with Gasteiger partial charge in [0.05, 0.1) is 26.2 Å². The van der Waals surface area contributed by atoms with Crippen LogP contribution in [0.3, 0.4) is 0 Å². The van der Waals surface area contributed by atoms with Crippen molar-refractivity contribution in [3.63, 3.8) is 0 Å². The molecule has 1 aromatic rings. The number of carboxylic acids is 1. The number of anilines is 1. The van der Waals surface area contributed by atoms with Crippen molar-refractivity contribution in [3.8, 4) is 11.8 Å². The normalized spacial score (nSPS) is 9.69. The number of carbonyl (C=O) groups is 1. The molecule has 0 bridgehead atoms. The molecule has 0 radical (unpaired) electrons. The number of hydrogen-bond donors (Lipinski definition) is 2. The number of carboxylic acid groups (broad SMARTS) is 1. The van der Waals surface area contributed by atoms with E-state index in [4.69, 9.17) is 14.6 Å². The number of ether oxygens (including phenoxy) is 2. The number of nitrogens with zero attached hydrogens (tertiary/aromatic N) is 2. The first kappa shape index (κ1) is 12.0. The Hall–Kier alpha value is -2.05. The summed E-state index contributed by atoms with van der Waals surface area (Å²) in [5, 5.41) is 11.5. The predicted molar refractivity (Wildman–Crippen MR) is 56.0 cm³/mol. The first-order chi connectivity index (χ1) is 7.62. The Kier molecular flexibility index (Phi) is 3.87. The third-order valence-electron chi connectivity index (χ3n) is 1.87. The molecule has 0 saturated carbocycles. The zero-order valence-electron chi connectivity index (χ0n) is 9.27. The molecule has 7 heteroatoms. The van der Waals surface area contributed by atoms with Gasteiger partial charge < -0.3 is 19.9 Å². The van der Waals surface area contributed by atoms with Crippen molar-refractivity contribution in [1.29, 1.82) is 0 Å². The molecule has 0 aromatic carbocycles. The summed E-state index contributed by atoms with van der Waals surface area (Å²) >= 11 is 0. The number of hydrogen-bond acceptors (Lipinski definition) is 6. The molecule has 1 aromatic heterocycles. The lowest BCUT2D eigenvalue weighted by Gasteiger charge is -2.11. The van der Waals surface area contributed by atoms with Gasteiger partial charge in [-0.2, -0.15) is 9.97 Å². The van der Waals surface area contributed by atoms with E-state index in [1.54, 1.807) is 7.05 Å². The minimum Gasteiger partial charge on any atom is -0.481 e. The second-order valence-corrected chi connectivity index (χ2v) is 2.86. The van der Waals surface area contributed by atoms with Gasteiger partial charge in [-0.3, -0.25) is 4.79 Å². The van der Waals surface area contributed by atoms with E-state index in [9.17, 15) is 4.79 Å². The highest BCUT2D eigenvalue weighted by Crippen LogP contribution is 2.26. The van der Waals surface area contributed by atoms with Crippen LogP contribution in [0.4, 0.5) is 5.95 Å². The highest BCUT2D eigenvalue weighted by Gasteiger charge is 2.18. The highest BCUT2D eigenvalue weighted by atomic mass is 16.5. The van der Waals surface area contributed by atoms with Crippen LogP contribution in [0.25, 0.3) is 0 Å². The Labute approximate surface area is 92.4 Å². The summed E-state index contributed by atoms with van der Waals surface area (Å²) in [5.41, 5.74) is 0.316. The summed E-state index contributed by atoms with van der Waals surface area (Å²) in [7, 11) is 4.46. The largest absolute Gasteiger partial charge is 0.481 e. The fourth-order valence-corrected chi connectivity index (χ4v) is 1.20. The van der Waals surface area contributed by atoms with Gasteiger partial charge in [0, 0.05) is 7.05 Å². The zero-order valence-corrected chi connectivity index (χ0v) is 9.27. The average molecular weight is 227 g/mol. The third kappa shape index (κ3) is 2.50. The highest BCUT2D eigenvalue weighted by molar-refractivity contribution is 5.72. The summed E-state index contributed by atoms with van der Waals surface area (Å²) in [6.45, 7) is 0. The Bertz CT molecular complexity index is 369. The second-order valence-electron chi connectivity index (χ2n) is 2.86. The monoisotopic (exact) mass is 227 g/mol. The molecule has 1 rings (SSSR count). The first-order valence-electron chi connectivity index (χ1n) is 4.50. The molecule has 0 saturated heterocycles. The maximum atomic E-state index is 10.7. The van der Waals surface area contributed by atoms with E-state index in [-0.39, 0.29) is 18.2 Å². The SMILES string of the molecule is CNc1nc(OC)c(CC(=O)O)c(OC)n1. The molecule has 16 heavy (non-hydrogen) atoms. The van der Waals surface area contributed by atoms with Gasteiger partial charge in [-0.15, -0.1) is 0 Å². The lowest BCUT2D eigenvalue weighted by molar-refractivity contribution is -0.136. The smallest absolute Gasteiger partial charge is 0.308 e. The quantitative estimate of drug-likeness (QED) is 0.740. The van der Waals surface area contributed by atoms with Gasteiger partial charge in [0.25, 0.3) is 0 Å². The molecular weight excluding hydrogens is 214 g/mol. The fraction of sp³-hybridized carbons (Fsp3) is 0.444. The van der Waals surface area contributed by atoms with Crippen LogP contribution in [0.15, 0.2) is 0 Å². The van der Waals surface area contributed by atoms with Crippen molar-refractivity contribution in [2.45, 2.75) is 6.42 Å². The number of methoxy groups -OCH3 is 2. The van der Waals surface area contributed by atoms with Gasteiger partial charge in [-0.25, -0.2) is 0 Å². The van der Waals surface area contributed by atoms with E-state index in [0.717, 1.165) is 0 Å². The molecule has 0 aliphatic carbocycles. The van der Waals surface area contributed by atoms with Crippen LogP contribution in [-0.2, 0) is 11.2 Å². The fourth-order valence-electron chi connectivity index (χ4n) is 1.20. The molecule has 2 N–H and O–H groups in total. The summed E-state index contributed by atoms with van der Waals surface area (Å²) < 4.78 is 9.99. The van der Waals surface area contributed by atoms with E-state index >= 15 is 0 Å². The topological polar surface area (TPSA) is 93.6 Å². The van der Waals surface area contributed by atoms with Crippen molar-refractivity contribution in [2.75, 3.05) is 26.6 Å². The maximum Gasteiger partial charge on any atom is 0.308 e. The van der Waals surface area contributed by atoms with Crippen LogP contribution in [-0.4, -0.2) is 42.3 Å². The molecule has 0 atom stereocenters. The Morgan fingerprint density at radius 2 is 1.81 bits per heavy atom. The van der Waals surface area contributed by atoms with E-state index in [2.05, 4.69) is 15.3 Å². The standard InChI is InChI=1S/C9H13N3O4/c1-10-9-11-7(15-2)5(4-6(13)14)8(12-9)16-3/h4H2,1-3H3,(H,13,14)(H,10,11,12). The predicted octanol–water partition coefficient (Wildman–Crippen LogP) is 0.163. The first-order valence-corrected chi connectivity index (χ1v) is 4.50. The number of nitrogens with one attached hydrogen (secondary N) is 1. The molecule has 0 amide bonds. The molecule has 0 unspecified atom stereocenters. The lowest BCUT2D eigenvalue weighted by atomic mass is 10.2. The van der Waals surface area contributed by atoms with E-state index in [1.165, 1.54) is 14.2 Å². The van der Waals surface area contributed by atoms with Crippen molar-refractivity contribution >= 4 is 11.9 Å². The molecule has 0 spiro atoms. The van der Waals surface area contributed by atoms with Crippen molar-refractivity contribution in [3.05, 3.63) is 5.56 Å². The van der Waals surface area contributed by atoms with E-state index in [0.29, 0.717) is 11.5 Å². The van der Waals surface area contributed by atoms with Gasteiger partial charge >= 0.3 is 5.97 Å². The van der Waals surface area contributed by atoms with Gasteiger partial charge in [-0.05, 0) is 0 Å². The van der Waals surface area contributed by atoms with Crippen molar-refractivity contribution in [1.82, 2.24) is 9.97 Å². The molecule has 0 aliphatic heterocycles. The molecule has 88 valence electrons. The Balaban J connectivity index is 3.25. The van der Waals surface area contributed by atoms with Gasteiger partial charge in [0.1, 0.15) is 0 Å². The van der Waals surface area contributed by atoms with Gasteiger partial charge in [-0.1, -0.05) is 0 Å². The summed E-state index contributed by atoms with van der Waals surface area (Å²) in [4.78, 5) is 18.6. The zero-order chi connectivity index (χ0) is 12.1. The van der Waals surface area contributed by atoms with Crippen LogP contribution in [0, 0.1) is 0 Å². The lowest BCUT2D eigenvalue weighted by Crippen LogP contribution is -2.09. The molecule has 0 fully saturated rings. The van der Waals surface area contributed by atoms with Gasteiger partial charge in [0.15, 0.2) is 0 Å². The maximum absolute atomic E-state index is 10.7. The van der Waals surface area contributed by atoms with Crippen LogP contribution in [0.2, 0.25) is 0 Å². The van der Waals surface area contributed by atoms with Crippen molar-refractivity contribution < 1.29 is 19.4 Å². The summed E-state index contributed by atoms with van der Waals surface area (Å²) in [6.07, 6.45) is -0.254. The minimum absolute atomic E-state index is 0.193. The van der Waals surface area contributed by atoms with E-state index in [1.807, 2.05) is 0 Å². The number of aliphatic carboxylic acids is 1. The van der Waals surface area contributed by atoms with Crippen LogP contribution in [0.5, 0.6) is 11.8 Å². The van der Waals surface area contributed by atoms with Crippen LogP contribution < -0.4 is 14.8 Å².